The number of nitrogens with zero attached hydrogens (tertiary/aromatic N) is 1. The first kappa shape index (κ1) is 17.2. The molecule has 5 nitrogen and oxygen atoms in total. The van der Waals surface area contributed by atoms with Crippen molar-refractivity contribution in [2.24, 2.45) is 5.41 Å². The monoisotopic (exact) mass is 390 g/mol. The molecule has 2 aromatic rings. The molecular formula is C24H24NO4+. The van der Waals surface area contributed by atoms with Gasteiger partial charge in [0.2, 0.25) is 5.60 Å². The van der Waals surface area contributed by atoms with E-state index in [9.17, 15) is 9.90 Å². The van der Waals surface area contributed by atoms with Crippen LogP contribution in [0, 0.1) is 5.41 Å². The van der Waals surface area contributed by atoms with E-state index in [2.05, 4.69) is 26.2 Å². The summed E-state index contributed by atoms with van der Waals surface area (Å²) in [5.74, 6) is 0.347. The zero-order valence-corrected chi connectivity index (χ0v) is 16.5. The molecule has 6 rings (SSSR count). The Labute approximate surface area is 169 Å². The van der Waals surface area contributed by atoms with Gasteiger partial charge in [0.15, 0.2) is 0 Å². The third-order valence-electron chi connectivity index (χ3n) is 7.69. The van der Waals surface area contributed by atoms with Crippen molar-refractivity contribution < 1.29 is 23.9 Å². The minimum absolute atomic E-state index is 0.169. The van der Waals surface area contributed by atoms with Gasteiger partial charge in [-0.25, -0.2) is 4.79 Å². The van der Waals surface area contributed by atoms with E-state index < -0.39 is 11.6 Å². The predicted octanol–water partition coefficient (Wildman–Crippen LogP) is 3.12. The van der Waals surface area contributed by atoms with Crippen molar-refractivity contribution in [1.29, 1.82) is 0 Å². The van der Waals surface area contributed by atoms with Crippen molar-refractivity contribution in [2.75, 3.05) is 14.1 Å². The molecule has 2 aliphatic carbocycles. The zero-order valence-electron chi connectivity index (χ0n) is 16.5. The highest BCUT2D eigenvalue weighted by molar-refractivity contribution is 5.88. The summed E-state index contributed by atoms with van der Waals surface area (Å²) < 4.78 is 12.9. The summed E-state index contributed by atoms with van der Waals surface area (Å²) in [5, 5.41) is 11.7. The van der Waals surface area contributed by atoms with E-state index in [-0.39, 0.29) is 11.5 Å². The molecular weight excluding hydrogens is 366 g/mol. The van der Waals surface area contributed by atoms with Gasteiger partial charge < -0.3 is 19.1 Å². The van der Waals surface area contributed by atoms with Crippen molar-refractivity contribution in [3.05, 3.63) is 71.8 Å². The number of carbonyl (C=O) groups is 1. The van der Waals surface area contributed by atoms with Crippen LogP contribution in [0.4, 0.5) is 0 Å². The average molecular weight is 390 g/mol. The lowest BCUT2D eigenvalue weighted by atomic mass is 9.58. The molecule has 2 fully saturated rings. The Morgan fingerprint density at radius 2 is 1.72 bits per heavy atom. The van der Waals surface area contributed by atoms with E-state index >= 15 is 0 Å². The number of fused-ring (bicyclic) bond motifs is 2. The van der Waals surface area contributed by atoms with Crippen molar-refractivity contribution in [3.63, 3.8) is 0 Å². The molecule has 1 saturated carbocycles. The van der Waals surface area contributed by atoms with Crippen LogP contribution in [0.1, 0.15) is 24.0 Å². The number of likely N-dealkylation sites (N-methyl/N-ethyl adjacent to an activating group) is 1. The first-order valence-electron chi connectivity index (χ1n) is 10.2. The maximum absolute atomic E-state index is 13.4. The summed E-state index contributed by atoms with van der Waals surface area (Å²) in [5.41, 5.74) is -0.840. The van der Waals surface area contributed by atoms with Crippen molar-refractivity contribution in [1.82, 2.24) is 0 Å². The van der Waals surface area contributed by atoms with Gasteiger partial charge in [-0.15, -0.1) is 0 Å². The summed E-state index contributed by atoms with van der Waals surface area (Å²) in [6.45, 7) is 0. The highest BCUT2D eigenvalue weighted by Crippen LogP contribution is 2.64. The molecule has 2 heterocycles. The smallest absolute Gasteiger partial charge is 0.348 e. The Morgan fingerprint density at radius 3 is 2.28 bits per heavy atom. The minimum Gasteiger partial charge on any atom is -0.459 e. The fourth-order valence-electron chi connectivity index (χ4n) is 6.37. The van der Waals surface area contributed by atoms with Crippen molar-refractivity contribution >= 4 is 5.97 Å². The Kier molecular flexibility index (Phi) is 3.15. The second-order valence-electron chi connectivity index (χ2n) is 9.33. The van der Waals surface area contributed by atoms with Crippen LogP contribution < -0.4 is 4.74 Å². The van der Waals surface area contributed by atoms with E-state index in [1.54, 1.807) is 36.4 Å². The molecule has 1 spiro atoms. The molecule has 3 unspecified atom stereocenters. The summed E-state index contributed by atoms with van der Waals surface area (Å²) in [7, 11) is 4.50. The molecule has 1 saturated heterocycles. The summed E-state index contributed by atoms with van der Waals surface area (Å²) in [6.07, 6.45) is 6.05. The van der Waals surface area contributed by atoms with E-state index in [0.717, 1.165) is 17.3 Å². The first-order chi connectivity index (χ1) is 13.9. The molecule has 29 heavy (non-hydrogen) atoms. The minimum atomic E-state index is -1.87. The molecule has 1 N–H and O–H groups in total. The molecule has 2 aliphatic heterocycles. The van der Waals surface area contributed by atoms with Gasteiger partial charge in [-0.1, -0.05) is 42.5 Å². The summed E-state index contributed by atoms with van der Waals surface area (Å²) >= 11 is 0. The Morgan fingerprint density at radius 1 is 1.10 bits per heavy atom. The van der Waals surface area contributed by atoms with Gasteiger partial charge >= 0.3 is 5.97 Å². The van der Waals surface area contributed by atoms with Gasteiger partial charge in [0.25, 0.3) is 0 Å². The number of hydrogen-bond donors (Lipinski definition) is 1. The Hall–Kier alpha value is -2.63. The molecule has 0 radical (unpaired) electrons. The lowest BCUT2D eigenvalue weighted by Crippen LogP contribution is -2.79. The number of benzene rings is 2. The number of quaternary nitrogens is 1. The molecule has 0 bridgehead atoms. The quantitative estimate of drug-likeness (QED) is 0.486. The van der Waals surface area contributed by atoms with Crippen LogP contribution in [0.5, 0.6) is 11.5 Å². The SMILES string of the molecule is C[N+]1(C)C2C=CC23C[C@@H](OC(=O)C2(O)c4ccccc4Oc4ccccc42)CC31. The first-order valence-corrected chi connectivity index (χ1v) is 10.2. The average Bonchev–Trinajstić information content (AvgIpc) is 3.08. The number of hydrogen-bond acceptors (Lipinski definition) is 4. The highest BCUT2D eigenvalue weighted by Gasteiger charge is 2.75. The van der Waals surface area contributed by atoms with Gasteiger partial charge in [0, 0.05) is 24.0 Å². The molecule has 5 heteroatoms. The van der Waals surface area contributed by atoms with Crippen LogP contribution in [0.15, 0.2) is 60.7 Å². The van der Waals surface area contributed by atoms with Crippen LogP contribution in [-0.2, 0) is 15.1 Å². The normalized spacial score (nSPS) is 33.7. The van der Waals surface area contributed by atoms with E-state index in [0.29, 0.717) is 34.7 Å². The molecule has 148 valence electrons. The van der Waals surface area contributed by atoms with Crippen LogP contribution in [0.2, 0.25) is 0 Å². The third-order valence-corrected chi connectivity index (χ3v) is 7.69. The van der Waals surface area contributed by atoms with Crippen LogP contribution in [-0.4, -0.2) is 47.8 Å². The van der Waals surface area contributed by atoms with E-state index in [1.165, 1.54) is 0 Å². The summed E-state index contributed by atoms with van der Waals surface area (Å²) in [6, 6.07) is 15.2. The maximum Gasteiger partial charge on any atom is 0.348 e. The topological polar surface area (TPSA) is 55.8 Å². The molecule has 0 aromatic heterocycles. The zero-order chi connectivity index (χ0) is 20.0. The predicted molar refractivity (Wildman–Crippen MR) is 106 cm³/mol. The number of para-hydroxylation sites is 2. The molecule has 2 aromatic carbocycles. The van der Waals surface area contributed by atoms with Crippen molar-refractivity contribution in [2.45, 2.75) is 36.6 Å². The number of ether oxygens (including phenoxy) is 2. The second kappa shape index (κ2) is 5.29. The van der Waals surface area contributed by atoms with Gasteiger partial charge in [0.1, 0.15) is 29.7 Å². The van der Waals surface area contributed by atoms with Gasteiger partial charge in [-0.2, -0.15) is 0 Å². The molecule has 0 amide bonds. The fraction of sp³-hybridized carbons (Fsp3) is 0.375. The van der Waals surface area contributed by atoms with E-state index in [1.807, 2.05) is 12.1 Å². The van der Waals surface area contributed by atoms with Crippen LogP contribution >= 0.6 is 0 Å². The van der Waals surface area contributed by atoms with Crippen LogP contribution in [0.3, 0.4) is 0 Å². The Balaban J connectivity index is 1.34. The number of carbonyl (C=O) groups excluding carboxylic acids is 1. The second-order valence-corrected chi connectivity index (χ2v) is 9.33. The Bertz CT molecular complexity index is 1030. The van der Waals surface area contributed by atoms with Gasteiger partial charge in [-0.05, 0) is 18.2 Å². The highest BCUT2D eigenvalue weighted by atomic mass is 16.6. The lowest BCUT2D eigenvalue weighted by molar-refractivity contribution is -0.996. The van der Waals surface area contributed by atoms with E-state index in [4.69, 9.17) is 9.47 Å². The van der Waals surface area contributed by atoms with Crippen molar-refractivity contribution in [3.8, 4) is 11.5 Å². The third kappa shape index (κ3) is 1.95. The molecule has 4 atom stereocenters. The lowest BCUT2D eigenvalue weighted by Gasteiger charge is -2.66. The fourth-order valence-corrected chi connectivity index (χ4v) is 6.37. The van der Waals surface area contributed by atoms with Crippen LogP contribution in [0.25, 0.3) is 0 Å². The molecule has 4 aliphatic rings. The maximum atomic E-state index is 13.4. The standard InChI is InChI=1S/C24H24NO4/c1-25(2)20-11-12-23(20)14-15(13-21(23)25)28-22(26)24(27)16-7-3-5-9-18(16)29-19-10-6-4-8-17(19)24/h3-12,15,20-21,27H,13-14H2,1-2H3/q+1/t15-,20?,21?,23?/m0/s1. The number of esters is 1. The number of rotatable bonds is 2. The largest absolute Gasteiger partial charge is 0.459 e. The number of likely N-dealkylation sites (tertiary alicyclic amines) is 1. The number of aliphatic hydroxyl groups is 1. The van der Waals surface area contributed by atoms with Gasteiger partial charge in [-0.3, -0.25) is 0 Å². The van der Waals surface area contributed by atoms with Gasteiger partial charge in [0.05, 0.1) is 19.5 Å². The summed E-state index contributed by atoms with van der Waals surface area (Å²) in [4.78, 5) is 13.4.